The van der Waals surface area contributed by atoms with E-state index < -0.39 is 12.1 Å². The van der Waals surface area contributed by atoms with Gasteiger partial charge in [0.2, 0.25) is 0 Å². The number of aliphatic hydroxyl groups excluding tert-OH is 1. The number of nitrogens with two attached hydrogens (primary N) is 1. The van der Waals surface area contributed by atoms with Crippen LogP contribution in [0.4, 0.5) is 0 Å². The molecule has 4 nitrogen and oxygen atoms in total. The van der Waals surface area contributed by atoms with E-state index >= 15 is 0 Å². The molecule has 1 saturated carbocycles. The Morgan fingerprint density at radius 3 is 2.64 bits per heavy atom. The quantitative estimate of drug-likeness (QED) is 0.621. The van der Waals surface area contributed by atoms with Crippen LogP contribution in [-0.4, -0.2) is 29.2 Å². The first-order valence-electron chi connectivity index (χ1n) is 4.89. The van der Waals surface area contributed by atoms with Gasteiger partial charge >= 0.3 is 0 Å². The van der Waals surface area contributed by atoms with Crippen molar-refractivity contribution in [1.82, 2.24) is 5.32 Å². The minimum Gasteiger partial charge on any atom is -0.382 e. The average Bonchev–Trinajstić information content (AvgIpc) is 2.87. The Balaban J connectivity index is 0.00000169. The van der Waals surface area contributed by atoms with E-state index in [4.69, 9.17) is 5.73 Å². The van der Waals surface area contributed by atoms with Crippen LogP contribution in [0.3, 0.4) is 0 Å². The van der Waals surface area contributed by atoms with Gasteiger partial charge in [-0.1, -0.05) is 13.3 Å². The molecule has 0 aromatic rings. The summed E-state index contributed by atoms with van der Waals surface area (Å²) < 4.78 is 0. The second-order valence-corrected chi connectivity index (χ2v) is 3.68. The van der Waals surface area contributed by atoms with E-state index in [1.807, 2.05) is 6.92 Å². The van der Waals surface area contributed by atoms with Crippen LogP contribution in [0, 0.1) is 0 Å². The Hall–Kier alpha value is -0.320. The highest BCUT2D eigenvalue weighted by molar-refractivity contribution is 5.85. The van der Waals surface area contributed by atoms with Gasteiger partial charge in [0.25, 0.3) is 5.91 Å². The lowest BCUT2D eigenvalue weighted by Crippen LogP contribution is -2.46. The van der Waals surface area contributed by atoms with Crippen molar-refractivity contribution in [3.63, 3.8) is 0 Å². The fourth-order valence-corrected chi connectivity index (χ4v) is 1.20. The lowest BCUT2D eigenvalue weighted by molar-refractivity contribution is -0.130. The number of carbonyl (C=O) groups is 1. The minimum atomic E-state index is -1.04. The fraction of sp³-hybridized carbons (Fsp3) is 0.889. The van der Waals surface area contributed by atoms with Crippen molar-refractivity contribution in [2.24, 2.45) is 5.73 Å². The Morgan fingerprint density at radius 2 is 2.21 bits per heavy atom. The van der Waals surface area contributed by atoms with Gasteiger partial charge in [0.05, 0.1) is 0 Å². The highest BCUT2D eigenvalue weighted by Gasteiger charge is 2.28. The largest absolute Gasteiger partial charge is 0.382 e. The summed E-state index contributed by atoms with van der Waals surface area (Å²) in [7, 11) is 0. The van der Waals surface area contributed by atoms with Gasteiger partial charge in [-0.2, -0.15) is 0 Å². The van der Waals surface area contributed by atoms with E-state index in [-0.39, 0.29) is 24.4 Å². The zero-order valence-electron chi connectivity index (χ0n) is 8.40. The number of amides is 1. The van der Waals surface area contributed by atoms with Crippen molar-refractivity contribution in [2.45, 2.75) is 50.8 Å². The minimum absolute atomic E-state index is 0. The fourth-order valence-electron chi connectivity index (χ4n) is 1.20. The summed E-state index contributed by atoms with van der Waals surface area (Å²) in [5.41, 5.74) is 5.61. The number of hydrogen-bond acceptors (Lipinski definition) is 3. The van der Waals surface area contributed by atoms with Gasteiger partial charge in [-0.15, -0.1) is 12.4 Å². The zero-order chi connectivity index (χ0) is 9.84. The van der Waals surface area contributed by atoms with Crippen molar-refractivity contribution in [3.8, 4) is 0 Å². The van der Waals surface area contributed by atoms with Crippen molar-refractivity contribution in [2.75, 3.05) is 0 Å². The normalized spacial score (nSPS) is 19.4. The van der Waals surface area contributed by atoms with Gasteiger partial charge in [-0.25, -0.2) is 0 Å². The molecule has 0 radical (unpaired) electrons. The summed E-state index contributed by atoms with van der Waals surface area (Å²) in [5, 5.41) is 12.2. The molecule has 0 bridgehead atoms. The molecular weight excluding hydrogens is 204 g/mol. The molecule has 0 unspecified atom stereocenters. The third-order valence-corrected chi connectivity index (χ3v) is 2.22. The van der Waals surface area contributed by atoms with Gasteiger partial charge in [0, 0.05) is 12.1 Å². The van der Waals surface area contributed by atoms with Crippen LogP contribution in [-0.2, 0) is 4.79 Å². The topological polar surface area (TPSA) is 75.3 Å². The molecule has 0 aromatic heterocycles. The first kappa shape index (κ1) is 13.7. The lowest BCUT2D eigenvalue weighted by Gasteiger charge is -2.17. The van der Waals surface area contributed by atoms with Crippen LogP contribution in [0.1, 0.15) is 32.6 Å². The molecule has 1 aliphatic rings. The van der Waals surface area contributed by atoms with E-state index in [0.29, 0.717) is 6.42 Å². The molecule has 0 saturated heterocycles. The number of aliphatic hydroxyl groups is 1. The first-order valence-corrected chi connectivity index (χ1v) is 4.89. The maximum absolute atomic E-state index is 11.3. The number of rotatable bonds is 5. The molecule has 0 heterocycles. The Labute approximate surface area is 90.7 Å². The maximum atomic E-state index is 11.3. The lowest BCUT2D eigenvalue weighted by atomic mass is 10.1. The monoisotopic (exact) mass is 222 g/mol. The molecule has 1 fully saturated rings. The van der Waals surface area contributed by atoms with Crippen LogP contribution >= 0.6 is 12.4 Å². The molecule has 1 aliphatic carbocycles. The summed E-state index contributed by atoms with van der Waals surface area (Å²) in [6, 6.07) is -0.139. The molecular formula is C9H19ClN2O2. The smallest absolute Gasteiger partial charge is 0.250 e. The first-order chi connectivity index (χ1) is 6.15. The summed E-state index contributed by atoms with van der Waals surface area (Å²) in [6.45, 7) is 1.98. The summed E-state index contributed by atoms with van der Waals surface area (Å²) in [6.07, 6.45) is 2.58. The second-order valence-electron chi connectivity index (χ2n) is 3.68. The summed E-state index contributed by atoms with van der Waals surface area (Å²) in [4.78, 5) is 11.3. The van der Waals surface area contributed by atoms with Crippen LogP contribution in [0.5, 0.6) is 0 Å². The van der Waals surface area contributed by atoms with E-state index in [1.54, 1.807) is 0 Å². The maximum Gasteiger partial charge on any atom is 0.250 e. The van der Waals surface area contributed by atoms with E-state index in [9.17, 15) is 9.90 Å². The third-order valence-electron chi connectivity index (χ3n) is 2.22. The van der Waals surface area contributed by atoms with Crippen LogP contribution in [0.25, 0.3) is 0 Å². The number of hydrogen-bond donors (Lipinski definition) is 3. The van der Waals surface area contributed by atoms with Crippen molar-refractivity contribution < 1.29 is 9.90 Å². The zero-order valence-corrected chi connectivity index (χ0v) is 9.22. The standard InChI is InChI=1S/C9H18N2O2.ClH/c1-2-3-7(10)8(12)9(13)11-6-4-5-6;/h6-8,12H,2-5,10H2,1H3,(H,11,13);1H/t7-,8+;/m0./s1. The van der Waals surface area contributed by atoms with Gasteiger partial charge in [-0.3, -0.25) is 4.79 Å². The number of nitrogens with one attached hydrogen (secondary N) is 1. The number of carbonyl (C=O) groups excluding carboxylic acids is 1. The van der Waals surface area contributed by atoms with Gasteiger partial charge in [0.1, 0.15) is 6.10 Å². The number of halogens is 1. The van der Waals surface area contributed by atoms with Crippen molar-refractivity contribution in [1.29, 1.82) is 0 Å². The van der Waals surface area contributed by atoms with Crippen molar-refractivity contribution >= 4 is 18.3 Å². The molecule has 1 amide bonds. The molecule has 14 heavy (non-hydrogen) atoms. The van der Waals surface area contributed by atoms with E-state index in [1.165, 1.54) is 0 Å². The highest BCUT2D eigenvalue weighted by Crippen LogP contribution is 2.18. The molecule has 2 atom stereocenters. The van der Waals surface area contributed by atoms with Crippen LogP contribution < -0.4 is 11.1 Å². The predicted molar refractivity (Wildman–Crippen MR) is 57.3 cm³/mol. The molecule has 84 valence electrons. The summed E-state index contributed by atoms with van der Waals surface area (Å²) in [5.74, 6) is -0.316. The molecule has 5 heteroatoms. The molecule has 0 aliphatic heterocycles. The third kappa shape index (κ3) is 4.26. The predicted octanol–water partition coefficient (Wildman–Crippen LogP) is 0.175. The van der Waals surface area contributed by atoms with Gasteiger partial charge < -0.3 is 16.2 Å². The molecule has 4 N–H and O–H groups in total. The van der Waals surface area contributed by atoms with Gasteiger partial charge in [-0.05, 0) is 19.3 Å². The Morgan fingerprint density at radius 1 is 1.64 bits per heavy atom. The highest BCUT2D eigenvalue weighted by atomic mass is 35.5. The van der Waals surface area contributed by atoms with E-state index in [0.717, 1.165) is 19.3 Å². The Kier molecular flexibility index (Phi) is 6.08. The van der Waals surface area contributed by atoms with Crippen molar-refractivity contribution in [3.05, 3.63) is 0 Å². The van der Waals surface area contributed by atoms with Crippen LogP contribution in [0.2, 0.25) is 0 Å². The Bertz CT molecular complexity index is 186. The SMILES string of the molecule is CCC[C@H](N)[C@@H](O)C(=O)NC1CC1.Cl. The molecule has 0 spiro atoms. The van der Waals surface area contributed by atoms with Crippen LogP contribution in [0.15, 0.2) is 0 Å². The van der Waals surface area contributed by atoms with E-state index in [2.05, 4.69) is 5.32 Å². The molecule has 0 aromatic carbocycles. The molecule has 1 rings (SSSR count). The van der Waals surface area contributed by atoms with Gasteiger partial charge in [0.15, 0.2) is 0 Å². The average molecular weight is 223 g/mol. The summed E-state index contributed by atoms with van der Waals surface area (Å²) >= 11 is 0. The second kappa shape index (κ2) is 6.22.